The molecule has 0 bridgehead atoms. The lowest BCUT2D eigenvalue weighted by atomic mass is 9.72. The lowest BCUT2D eigenvalue weighted by Gasteiger charge is -2.35. The first kappa shape index (κ1) is 55.1. The van der Waals surface area contributed by atoms with E-state index in [1.807, 2.05) is 12.4 Å². The van der Waals surface area contributed by atoms with Gasteiger partial charge >= 0.3 is 0 Å². The second kappa shape index (κ2) is 19.3. The normalized spacial score (nSPS) is 13.7. The zero-order valence-corrected chi connectivity index (χ0v) is 51.1. The Labute approximate surface area is 472 Å². The number of hydrogen-bond donors (Lipinski definition) is 0. The van der Waals surface area contributed by atoms with Crippen LogP contribution in [0, 0.1) is 13.8 Å². The van der Waals surface area contributed by atoms with E-state index >= 15 is 0 Å². The minimum absolute atomic E-state index is 0.0272. The van der Waals surface area contributed by atoms with Crippen molar-refractivity contribution in [3.05, 3.63) is 184 Å². The van der Waals surface area contributed by atoms with Crippen LogP contribution < -0.4 is 14.5 Å². The Kier molecular flexibility index (Phi) is 13.5. The van der Waals surface area contributed by atoms with Gasteiger partial charge in [0.05, 0.1) is 22.4 Å². The van der Waals surface area contributed by atoms with Gasteiger partial charge in [-0.25, -0.2) is 9.97 Å². The van der Waals surface area contributed by atoms with E-state index in [-0.39, 0.29) is 32.5 Å². The van der Waals surface area contributed by atoms with Gasteiger partial charge in [-0.3, -0.25) is 4.57 Å². The fourth-order valence-electron chi connectivity index (χ4n) is 11.7. The zero-order valence-electron chi connectivity index (χ0n) is 51.1. The molecule has 6 heteroatoms. The van der Waals surface area contributed by atoms with Crippen LogP contribution in [0.4, 0.5) is 22.9 Å². The van der Waals surface area contributed by atoms with Crippen molar-refractivity contribution in [2.45, 2.75) is 171 Å². The van der Waals surface area contributed by atoms with Crippen molar-refractivity contribution >= 4 is 44.7 Å². The summed E-state index contributed by atoms with van der Waals surface area (Å²) in [6, 6.07) is 47.2. The third-order valence-electron chi connectivity index (χ3n) is 16.2. The third kappa shape index (κ3) is 10.4. The molecule has 1 aliphatic heterocycles. The standard InChI is InChI=1S/C73H85N5O/c1-45-35-48(69(6,7)8)39-58(72(15,16)17)64(45)56-37-50(71(12,13)14)38-57(65-46(2)36-49(70(9,10)11)40-59(65)73(18,19)20)66(56)77-44-76(61-29-24-33-75-67(61)77)51-25-23-26-52(42-51)79-53-30-31-55-54-27-21-22-28-60(54)78(62(55)43-53)63-41-47(32-34-74-63)68(3,4)5/h21-43H,44H2,1-20H3. The number of fused-ring (bicyclic) bond motifs is 4. The summed E-state index contributed by atoms with van der Waals surface area (Å²) in [5, 5.41) is 2.33. The Morgan fingerprint density at radius 3 is 1.53 bits per heavy atom. The van der Waals surface area contributed by atoms with Crippen molar-refractivity contribution in [1.29, 1.82) is 0 Å². The van der Waals surface area contributed by atoms with Gasteiger partial charge in [-0.05, 0) is 169 Å². The van der Waals surface area contributed by atoms with Gasteiger partial charge in [-0.2, -0.15) is 0 Å². The van der Waals surface area contributed by atoms with Gasteiger partial charge in [0.15, 0.2) is 5.82 Å². The van der Waals surface area contributed by atoms with Crippen LogP contribution in [0.15, 0.2) is 140 Å². The van der Waals surface area contributed by atoms with Gasteiger partial charge in [0, 0.05) is 52.1 Å². The Balaban J connectivity index is 1.17. The first-order valence-electron chi connectivity index (χ1n) is 28.6. The molecule has 0 spiro atoms. The second-order valence-corrected chi connectivity index (χ2v) is 28.7. The molecule has 408 valence electrons. The average molecular weight is 1050 g/mol. The van der Waals surface area contributed by atoms with Gasteiger partial charge in [0.2, 0.25) is 0 Å². The van der Waals surface area contributed by atoms with Gasteiger partial charge in [-0.1, -0.05) is 173 Å². The summed E-state index contributed by atoms with van der Waals surface area (Å²) in [7, 11) is 0. The molecule has 4 heterocycles. The minimum Gasteiger partial charge on any atom is -0.457 e. The number of pyridine rings is 2. The maximum atomic E-state index is 6.94. The second-order valence-electron chi connectivity index (χ2n) is 28.7. The summed E-state index contributed by atoms with van der Waals surface area (Å²) in [4.78, 5) is 15.2. The smallest absolute Gasteiger partial charge is 0.158 e. The highest BCUT2D eigenvalue weighted by Gasteiger charge is 2.38. The Morgan fingerprint density at radius 2 is 0.962 bits per heavy atom. The highest BCUT2D eigenvalue weighted by Crippen LogP contribution is 2.55. The Morgan fingerprint density at radius 1 is 0.418 bits per heavy atom. The lowest BCUT2D eigenvalue weighted by Crippen LogP contribution is -2.27. The van der Waals surface area contributed by atoms with E-state index in [2.05, 4.69) is 280 Å². The predicted octanol–water partition coefficient (Wildman–Crippen LogP) is 20.3. The number of nitrogens with zero attached hydrogens (tertiary/aromatic N) is 5. The van der Waals surface area contributed by atoms with E-state index in [0.29, 0.717) is 6.67 Å². The molecule has 6 nitrogen and oxygen atoms in total. The molecule has 0 N–H and O–H groups in total. The van der Waals surface area contributed by atoms with E-state index in [0.717, 1.165) is 50.9 Å². The number of hydrogen-bond acceptors (Lipinski definition) is 5. The first-order chi connectivity index (χ1) is 36.8. The van der Waals surface area contributed by atoms with Crippen LogP contribution in [-0.2, 0) is 32.5 Å². The number of rotatable bonds is 7. The maximum absolute atomic E-state index is 6.94. The van der Waals surface area contributed by atoms with Gasteiger partial charge in [-0.15, -0.1) is 0 Å². The van der Waals surface area contributed by atoms with E-state index in [1.165, 1.54) is 77.8 Å². The van der Waals surface area contributed by atoms with E-state index < -0.39 is 0 Å². The quantitative estimate of drug-likeness (QED) is 0.159. The molecule has 0 saturated heterocycles. The van der Waals surface area contributed by atoms with Crippen LogP contribution in [-0.4, -0.2) is 21.2 Å². The summed E-state index contributed by atoms with van der Waals surface area (Å²) in [6.45, 7) is 47.3. The fourth-order valence-corrected chi connectivity index (χ4v) is 11.7. The van der Waals surface area contributed by atoms with Gasteiger partial charge < -0.3 is 14.5 Å². The van der Waals surface area contributed by atoms with E-state index in [4.69, 9.17) is 14.7 Å². The van der Waals surface area contributed by atoms with Crippen LogP contribution >= 0.6 is 0 Å². The molecule has 0 radical (unpaired) electrons. The molecule has 0 aliphatic carbocycles. The highest BCUT2D eigenvalue weighted by molar-refractivity contribution is 6.09. The monoisotopic (exact) mass is 1050 g/mol. The summed E-state index contributed by atoms with van der Waals surface area (Å²) in [5.41, 5.74) is 20.3. The summed E-state index contributed by atoms with van der Waals surface area (Å²) >= 11 is 0. The number of para-hydroxylation sites is 1. The van der Waals surface area contributed by atoms with Crippen molar-refractivity contribution < 1.29 is 4.74 Å². The Hall–Kier alpha value is -7.18. The summed E-state index contributed by atoms with van der Waals surface area (Å²) in [6.07, 6.45) is 3.89. The molecule has 0 saturated carbocycles. The number of anilines is 4. The van der Waals surface area contributed by atoms with Crippen LogP contribution in [0.25, 0.3) is 49.9 Å². The van der Waals surface area contributed by atoms with Crippen molar-refractivity contribution in [3.8, 4) is 39.6 Å². The predicted molar refractivity (Wildman–Crippen MR) is 337 cm³/mol. The number of ether oxygens (including phenoxy) is 1. The van der Waals surface area contributed by atoms with Gasteiger partial charge in [0.1, 0.15) is 24.0 Å². The SMILES string of the molecule is Cc1cc(C(C)(C)C)cc(C(C)(C)C)c1-c1cc(C(C)(C)C)cc(-c2c(C)cc(C(C)(C)C)cc2C(C)(C)C)c1N1CN(c2cccc(Oc3ccc4c5ccccc5n(-c5cc(C(C)(C)C)ccn5)c4c3)c2)c2cccnc21. The molecule has 3 aromatic heterocycles. The molecule has 0 amide bonds. The average Bonchev–Trinajstić information content (AvgIpc) is 4.15. The highest BCUT2D eigenvalue weighted by atomic mass is 16.5. The Bertz CT molecular complexity index is 3730. The van der Waals surface area contributed by atoms with Crippen LogP contribution in [0.1, 0.15) is 169 Å². The third-order valence-corrected chi connectivity index (χ3v) is 16.2. The molecule has 0 fully saturated rings. The van der Waals surface area contributed by atoms with E-state index in [9.17, 15) is 0 Å². The molecular weight excluding hydrogens is 963 g/mol. The number of aromatic nitrogens is 3. The van der Waals surface area contributed by atoms with Crippen LogP contribution in [0.3, 0.4) is 0 Å². The molecule has 0 atom stereocenters. The molecular formula is C73H85N5O. The molecule has 10 rings (SSSR count). The first-order valence-corrected chi connectivity index (χ1v) is 28.6. The van der Waals surface area contributed by atoms with E-state index in [1.54, 1.807) is 0 Å². The molecule has 9 aromatic rings. The van der Waals surface area contributed by atoms with Crippen molar-refractivity contribution in [2.24, 2.45) is 0 Å². The maximum Gasteiger partial charge on any atom is 0.158 e. The zero-order chi connectivity index (χ0) is 57.1. The van der Waals surface area contributed by atoms with Crippen molar-refractivity contribution in [3.63, 3.8) is 0 Å². The summed E-state index contributed by atoms with van der Waals surface area (Å²) in [5.74, 6) is 3.32. The van der Waals surface area contributed by atoms with Crippen molar-refractivity contribution in [1.82, 2.24) is 14.5 Å². The fraction of sp³-hybridized carbons (Fsp3) is 0.370. The molecule has 1 aliphatic rings. The van der Waals surface area contributed by atoms with Crippen LogP contribution in [0.2, 0.25) is 0 Å². The number of aryl methyl sites for hydroxylation is 2. The molecule has 79 heavy (non-hydrogen) atoms. The minimum atomic E-state index is -0.166. The van der Waals surface area contributed by atoms with Gasteiger partial charge in [0.25, 0.3) is 0 Å². The summed E-state index contributed by atoms with van der Waals surface area (Å²) < 4.78 is 9.22. The van der Waals surface area contributed by atoms with Crippen molar-refractivity contribution in [2.75, 3.05) is 16.5 Å². The largest absolute Gasteiger partial charge is 0.457 e. The lowest BCUT2D eigenvalue weighted by molar-refractivity contribution is 0.483. The molecule has 0 unspecified atom stereocenters. The number of benzene rings is 6. The van der Waals surface area contributed by atoms with Crippen LogP contribution in [0.5, 0.6) is 11.5 Å². The topological polar surface area (TPSA) is 46.4 Å². The molecule has 6 aromatic carbocycles.